The molecule has 0 aliphatic carbocycles. The second-order valence-electron chi connectivity index (χ2n) is 4.31. The molecule has 1 atom stereocenters. The van der Waals surface area contributed by atoms with Gasteiger partial charge in [-0.05, 0) is 12.5 Å². The first kappa shape index (κ1) is 12.7. The van der Waals surface area contributed by atoms with Gasteiger partial charge in [0.2, 0.25) is 5.91 Å². The van der Waals surface area contributed by atoms with Gasteiger partial charge in [-0.1, -0.05) is 43.7 Å². The summed E-state index contributed by atoms with van der Waals surface area (Å²) in [5.41, 5.74) is 2.06. The van der Waals surface area contributed by atoms with E-state index in [-0.39, 0.29) is 24.5 Å². The minimum absolute atomic E-state index is 0.0412. The van der Waals surface area contributed by atoms with Crippen molar-refractivity contribution in [3.8, 4) is 0 Å². The molecular formula is C13H19NO2. The van der Waals surface area contributed by atoms with Crippen LogP contribution >= 0.6 is 0 Å². The fraction of sp³-hybridized carbons (Fsp3) is 0.462. The predicted molar refractivity (Wildman–Crippen MR) is 64.0 cm³/mol. The van der Waals surface area contributed by atoms with E-state index in [2.05, 4.69) is 5.32 Å². The van der Waals surface area contributed by atoms with Crippen molar-refractivity contribution in [3.63, 3.8) is 0 Å². The van der Waals surface area contributed by atoms with Gasteiger partial charge in [-0.15, -0.1) is 0 Å². The third kappa shape index (κ3) is 3.35. The Kier molecular flexibility index (Phi) is 4.50. The molecule has 1 aromatic rings. The van der Waals surface area contributed by atoms with Gasteiger partial charge in [0, 0.05) is 5.92 Å². The summed E-state index contributed by atoms with van der Waals surface area (Å²) in [7, 11) is 0. The zero-order valence-electron chi connectivity index (χ0n) is 10.0. The van der Waals surface area contributed by atoms with E-state index in [1.807, 2.05) is 45.0 Å². The molecule has 2 N–H and O–H groups in total. The smallest absolute Gasteiger partial charge is 0.223 e. The fourth-order valence-electron chi connectivity index (χ4n) is 1.46. The van der Waals surface area contributed by atoms with Crippen molar-refractivity contribution in [2.75, 3.05) is 6.61 Å². The number of carbonyl (C=O) groups excluding carboxylic acids is 1. The average molecular weight is 221 g/mol. The predicted octanol–water partition coefficient (Wildman–Crippen LogP) is 1.80. The van der Waals surface area contributed by atoms with Crippen LogP contribution in [0, 0.1) is 12.8 Å². The zero-order chi connectivity index (χ0) is 12.1. The number of hydrogen-bond acceptors (Lipinski definition) is 2. The number of nitrogens with one attached hydrogen (secondary N) is 1. The van der Waals surface area contributed by atoms with Crippen LogP contribution in [0.1, 0.15) is 31.0 Å². The van der Waals surface area contributed by atoms with Gasteiger partial charge in [-0.3, -0.25) is 4.79 Å². The number of aryl methyl sites for hydroxylation is 1. The van der Waals surface area contributed by atoms with Crippen LogP contribution in [0.2, 0.25) is 0 Å². The maximum absolute atomic E-state index is 11.5. The van der Waals surface area contributed by atoms with Gasteiger partial charge in [0.15, 0.2) is 0 Å². The molecule has 1 aromatic carbocycles. The van der Waals surface area contributed by atoms with Crippen LogP contribution < -0.4 is 5.32 Å². The molecule has 0 heterocycles. The number of rotatable bonds is 4. The van der Waals surface area contributed by atoms with Crippen LogP contribution in [0.4, 0.5) is 0 Å². The molecular weight excluding hydrogens is 202 g/mol. The van der Waals surface area contributed by atoms with Crippen LogP contribution in [-0.2, 0) is 4.79 Å². The molecule has 0 saturated heterocycles. The Labute approximate surface area is 96.5 Å². The van der Waals surface area contributed by atoms with Crippen molar-refractivity contribution in [2.45, 2.75) is 26.8 Å². The Morgan fingerprint density at radius 3 is 2.62 bits per heavy atom. The normalized spacial score (nSPS) is 12.6. The Hall–Kier alpha value is -1.35. The highest BCUT2D eigenvalue weighted by atomic mass is 16.3. The summed E-state index contributed by atoms with van der Waals surface area (Å²) in [5, 5.41) is 12.1. The lowest BCUT2D eigenvalue weighted by Gasteiger charge is -2.18. The summed E-state index contributed by atoms with van der Waals surface area (Å²) in [6.45, 7) is 5.57. The second kappa shape index (κ2) is 5.66. The van der Waals surface area contributed by atoms with Crippen LogP contribution in [0.25, 0.3) is 0 Å². The average Bonchev–Trinajstić information content (AvgIpc) is 2.25. The molecule has 88 valence electrons. The molecule has 0 saturated carbocycles. The molecule has 0 spiro atoms. The van der Waals surface area contributed by atoms with E-state index in [1.165, 1.54) is 0 Å². The summed E-state index contributed by atoms with van der Waals surface area (Å²) in [6.07, 6.45) is 0. The highest BCUT2D eigenvalue weighted by Gasteiger charge is 2.15. The third-order valence-electron chi connectivity index (χ3n) is 2.47. The van der Waals surface area contributed by atoms with E-state index in [0.717, 1.165) is 11.1 Å². The van der Waals surface area contributed by atoms with E-state index in [1.54, 1.807) is 0 Å². The van der Waals surface area contributed by atoms with E-state index in [4.69, 9.17) is 0 Å². The Morgan fingerprint density at radius 1 is 1.44 bits per heavy atom. The van der Waals surface area contributed by atoms with Crippen LogP contribution in [0.3, 0.4) is 0 Å². The monoisotopic (exact) mass is 221 g/mol. The summed E-state index contributed by atoms with van der Waals surface area (Å²) in [5.74, 6) is -0.112. The minimum atomic E-state index is -0.310. The molecule has 1 rings (SSSR count). The lowest BCUT2D eigenvalue weighted by molar-refractivity contribution is -0.125. The summed E-state index contributed by atoms with van der Waals surface area (Å²) in [6, 6.07) is 7.49. The van der Waals surface area contributed by atoms with E-state index >= 15 is 0 Å². The Bertz CT molecular complexity index is 361. The number of hydrogen-bond donors (Lipinski definition) is 2. The van der Waals surface area contributed by atoms with Crippen LogP contribution in [0.15, 0.2) is 24.3 Å². The molecule has 0 aromatic heterocycles. The number of aliphatic hydroxyl groups excluding tert-OH is 1. The number of carbonyl (C=O) groups is 1. The molecule has 3 heteroatoms. The van der Waals surface area contributed by atoms with Crippen molar-refractivity contribution >= 4 is 5.91 Å². The standard InChI is InChI=1S/C13H19NO2/c1-9(2)13(16)14-12(8-15)11-6-4-5-10(3)7-11/h4-7,9,12,15H,8H2,1-3H3,(H,14,16)/t12-/m1/s1. The van der Waals surface area contributed by atoms with Crippen molar-refractivity contribution in [1.82, 2.24) is 5.32 Å². The molecule has 0 fully saturated rings. The summed E-state index contributed by atoms with van der Waals surface area (Å²) < 4.78 is 0. The molecule has 0 aliphatic heterocycles. The molecule has 1 amide bonds. The first-order chi connectivity index (χ1) is 7.54. The highest BCUT2D eigenvalue weighted by molar-refractivity contribution is 5.78. The van der Waals surface area contributed by atoms with Gasteiger partial charge >= 0.3 is 0 Å². The lowest BCUT2D eigenvalue weighted by Crippen LogP contribution is -2.33. The molecule has 0 aliphatic rings. The second-order valence-corrected chi connectivity index (χ2v) is 4.31. The van der Waals surface area contributed by atoms with Gasteiger partial charge in [0.05, 0.1) is 12.6 Å². The molecule has 0 bridgehead atoms. The summed E-state index contributed by atoms with van der Waals surface area (Å²) in [4.78, 5) is 11.5. The third-order valence-corrected chi connectivity index (χ3v) is 2.47. The summed E-state index contributed by atoms with van der Waals surface area (Å²) >= 11 is 0. The van der Waals surface area contributed by atoms with Gasteiger partial charge in [-0.2, -0.15) is 0 Å². The first-order valence-electron chi connectivity index (χ1n) is 5.52. The van der Waals surface area contributed by atoms with Crippen molar-refractivity contribution < 1.29 is 9.90 Å². The van der Waals surface area contributed by atoms with Gasteiger partial charge in [0.25, 0.3) is 0 Å². The van der Waals surface area contributed by atoms with Gasteiger partial charge in [0.1, 0.15) is 0 Å². The van der Waals surface area contributed by atoms with Crippen LogP contribution in [0.5, 0.6) is 0 Å². The molecule has 3 nitrogen and oxygen atoms in total. The lowest BCUT2D eigenvalue weighted by atomic mass is 10.0. The van der Waals surface area contributed by atoms with Crippen molar-refractivity contribution in [2.24, 2.45) is 5.92 Å². The zero-order valence-corrected chi connectivity index (χ0v) is 10.0. The molecule has 0 unspecified atom stereocenters. The minimum Gasteiger partial charge on any atom is -0.394 e. The van der Waals surface area contributed by atoms with Crippen LogP contribution in [-0.4, -0.2) is 17.6 Å². The SMILES string of the molecule is Cc1cccc([C@@H](CO)NC(=O)C(C)C)c1. The van der Waals surface area contributed by atoms with Gasteiger partial charge in [-0.25, -0.2) is 0 Å². The quantitative estimate of drug-likeness (QED) is 0.814. The molecule has 16 heavy (non-hydrogen) atoms. The number of benzene rings is 1. The Balaban J connectivity index is 2.78. The maximum atomic E-state index is 11.5. The van der Waals surface area contributed by atoms with E-state index in [0.29, 0.717) is 0 Å². The molecule has 0 radical (unpaired) electrons. The first-order valence-corrected chi connectivity index (χ1v) is 5.52. The highest BCUT2D eigenvalue weighted by Crippen LogP contribution is 2.14. The largest absolute Gasteiger partial charge is 0.394 e. The maximum Gasteiger partial charge on any atom is 0.223 e. The Morgan fingerprint density at radius 2 is 2.12 bits per heavy atom. The number of amides is 1. The van der Waals surface area contributed by atoms with E-state index in [9.17, 15) is 9.90 Å². The van der Waals surface area contributed by atoms with Gasteiger partial charge < -0.3 is 10.4 Å². The number of aliphatic hydroxyl groups is 1. The van der Waals surface area contributed by atoms with Crippen molar-refractivity contribution in [3.05, 3.63) is 35.4 Å². The van der Waals surface area contributed by atoms with Crippen molar-refractivity contribution in [1.29, 1.82) is 0 Å². The van der Waals surface area contributed by atoms with E-state index < -0.39 is 0 Å². The topological polar surface area (TPSA) is 49.3 Å². The fourth-order valence-corrected chi connectivity index (χ4v) is 1.46.